The van der Waals surface area contributed by atoms with Gasteiger partial charge in [-0.1, -0.05) is 0 Å². The van der Waals surface area contributed by atoms with Crippen molar-refractivity contribution in [1.82, 2.24) is 26.1 Å². The van der Waals surface area contributed by atoms with Crippen LogP contribution >= 0.6 is 11.8 Å². The lowest BCUT2D eigenvalue weighted by Gasteiger charge is -2.30. The summed E-state index contributed by atoms with van der Waals surface area (Å²) < 4.78 is 5.60. The van der Waals surface area contributed by atoms with Gasteiger partial charge in [0.05, 0.1) is 28.8 Å². The lowest BCUT2D eigenvalue weighted by molar-refractivity contribution is -0.114. The van der Waals surface area contributed by atoms with Crippen molar-refractivity contribution in [3.8, 4) is 0 Å². The number of allylic oxidation sites excluding steroid dienone is 4. The Kier molecular flexibility index (Phi) is 7.24. The maximum atomic E-state index is 13.2. The second-order valence-corrected chi connectivity index (χ2v) is 9.55. The van der Waals surface area contributed by atoms with Crippen molar-refractivity contribution in [2.45, 2.75) is 31.7 Å². The highest BCUT2D eigenvalue weighted by atomic mass is 32.2. The van der Waals surface area contributed by atoms with Crippen LogP contribution in [0.25, 0.3) is 0 Å². The van der Waals surface area contributed by atoms with Crippen LogP contribution < -0.4 is 21.7 Å². The van der Waals surface area contributed by atoms with Crippen molar-refractivity contribution in [1.29, 1.82) is 0 Å². The smallest absolute Gasteiger partial charge is 0.297 e. The standard InChI is InChI=1S/C23H28N8O3S/c1-13-8-15(4-5-25-13)22-29-17(12-34-22)21(33)30-19-9-18(35-14(2)26-6-7-32)20(24)31-23(19,3)16-10-27-28-11-16/h4-5,8-12,14,25-26,29,32H,6-7H2,1-3H3,(H2,24,31)(H,27,28). The Morgan fingerprint density at radius 2 is 2.26 bits per heavy atom. The number of aromatic amines is 1. The number of amides is 1. The highest BCUT2D eigenvalue weighted by molar-refractivity contribution is 8.04. The van der Waals surface area contributed by atoms with Gasteiger partial charge < -0.3 is 31.5 Å². The first-order valence-electron chi connectivity index (χ1n) is 11.0. The molecule has 0 bridgehead atoms. The van der Waals surface area contributed by atoms with E-state index in [2.05, 4.69) is 31.1 Å². The average Bonchev–Trinajstić information content (AvgIpc) is 3.54. The lowest BCUT2D eigenvalue weighted by Crippen LogP contribution is -2.38. The quantitative estimate of drug-likeness (QED) is 0.305. The molecule has 0 aromatic carbocycles. The molecule has 35 heavy (non-hydrogen) atoms. The first-order chi connectivity index (χ1) is 16.8. The number of rotatable bonds is 7. The molecule has 0 radical (unpaired) electrons. The third-order valence-electron chi connectivity index (χ3n) is 5.47. The fourth-order valence-corrected chi connectivity index (χ4v) is 4.53. The van der Waals surface area contributed by atoms with Crippen LogP contribution in [-0.2, 0) is 15.1 Å². The zero-order valence-corrected chi connectivity index (χ0v) is 20.4. The average molecular weight is 497 g/mol. The van der Waals surface area contributed by atoms with Gasteiger partial charge in [0.2, 0.25) is 5.88 Å². The number of aliphatic hydroxyl groups is 1. The van der Waals surface area contributed by atoms with Gasteiger partial charge in [0.15, 0.2) is 0 Å². The maximum absolute atomic E-state index is 13.2. The van der Waals surface area contributed by atoms with E-state index in [1.54, 1.807) is 24.7 Å². The molecule has 2 unspecified atom stereocenters. The van der Waals surface area contributed by atoms with Crippen LogP contribution in [0.5, 0.6) is 0 Å². The number of aliphatic imine (C=N–C) groups is 2. The van der Waals surface area contributed by atoms with E-state index in [0.29, 0.717) is 34.4 Å². The van der Waals surface area contributed by atoms with E-state index in [1.165, 1.54) is 18.0 Å². The summed E-state index contributed by atoms with van der Waals surface area (Å²) in [5.41, 5.74) is 8.38. The summed E-state index contributed by atoms with van der Waals surface area (Å²) in [6.07, 6.45) is 12.0. The number of nitrogens with one attached hydrogen (secondary N) is 4. The molecule has 0 saturated carbocycles. The number of H-pyrrole nitrogens is 1. The molecule has 0 aliphatic carbocycles. The summed E-state index contributed by atoms with van der Waals surface area (Å²) >= 11 is 1.43. The molecule has 3 aliphatic heterocycles. The first kappa shape index (κ1) is 24.5. The monoisotopic (exact) mass is 496 g/mol. The SMILES string of the molecule is CC1=CC(=C2NC(C(=O)N=C3C=C(SC(C)NCCO)C(N)=NC3(C)c3cn[nH]c3)=CO2)C=CN1. The molecule has 0 fully saturated rings. The minimum atomic E-state index is -1.02. The van der Waals surface area contributed by atoms with Crippen molar-refractivity contribution >= 4 is 29.2 Å². The van der Waals surface area contributed by atoms with Crippen LogP contribution in [0, 0.1) is 0 Å². The van der Waals surface area contributed by atoms with Gasteiger partial charge in [-0.05, 0) is 39.0 Å². The number of ether oxygens (including phenoxy) is 1. The summed E-state index contributed by atoms with van der Waals surface area (Å²) in [5, 5.41) is 25.1. The van der Waals surface area contributed by atoms with Crippen LogP contribution in [0.4, 0.5) is 0 Å². The molecule has 0 spiro atoms. The van der Waals surface area contributed by atoms with Crippen LogP contribution in [0.15, 0.2) is 80.8 Å². The van der Waals surface area contributed by atoms with Gasteiger partial charge in [0.25, 0.3) is 5.91 Å². The molecule has 0 saturated heterocycles. The number of aliphatic hydroxyl groups excluding tert-OH is 1. The molecule has 11 nitrogen and oxygen atoms in total. The second kappa shape index (κ2) is 10.3. The molecule has 1 amide bonds. The Hall–Kier alpha value is -3.61. The Labute approximate surface area is 207 Å². The zero-order chi connectivity index (χ0) is 25.0. The minimum Gasteiger partial charge on any atom is -0.446 e. The number of amidine groups is 1. The molecule has 4 heterocycles. The molecule has 184 valence electrons. The highest BCUT2D eigenvalue weighted by Gasteiger charge is 2.37. The molecule has 7 N–H and O–H groups in total. The van der Waals surface area contributed by atoms with Gasteiger partial charge in [0, 0.05) is 35.8 Å². The Morgan fingerprint density at radius 1 is 1.43 bits per heavy atom. The Balaban J connectivity index is 1.63. The van der Waals surface area contributed by atoms with E-state index in [9.17, 15) is 4.79 Å². The van der Waals surface area contributed by atoms with E-state index in [-0.39, 0.29) is 17.7 Å². The Morgan fingerprint density at radius 3 is 2.97 bits per heavy atom. The van der Waals surface area contributed by atoms with Crippen LogP contribution in [0.3, 0.4) is 0 Å². The fraction of sp³-hybridized carbons (Fsp3) is 0.304. The minimum absolute atomic E-state index is 0.0251. The molecule has 3 aliphatic rings. The number of hydrogen-bond donors (Lipinski definition) is 6. The third-order valence-corrected chi connectivity index (χ3v) is 6.58. The summed E-state index contributed by atoms with van der Waals surface area (Å²) in [5.74, 6) is 0.271. The molecule has 2 atom stereocenters. The molecular formula is C23H28N8O3S. The number of thioether (sulfide) groups is 1. The molecule has 1 aromatic heterocycles. The van der Waals surface area contributed by atoms with Crippen molar-refractivity contribution in [3.05, 3.63) is 76.4 Å². The van der Waals surface area contributed by atoms with Gasteiger partial charge in [-0.25, -0.2) is 9.98 Å². The molecule has 1 aromatic rings. The van der Waals surface area contributed by atoms with Crippen molar-refractivity contribution < 1.29 is 14.6 Å². The number of carbonyl (C=O) groups excluding carboxylic acids is 1. The third kappa shape index (κ3) is 5.39. The number of carbonyl (C=O) groups is 1. The number of aromatic nitrogens is 2. The highest BCUT2D eigenvalue weighted by Crippen LogP contribution is 2.35. The normalized spacial score (nSPS) is 25.7. The Bertz CT molecular complexity index is 1210. The molecular weight excluding hydrogens is 468 g/mol. The molecule has 4 rings (SSSR count). The maximum Gasteiger partial charge on any atom is 0.297 e. The van der Waals surface area contributed by atoms with E-state index in [1.807, 2.05) is 32.9 Å². The summed E-state index contributed by atoms with van der Waals surface area (Å²) in [6, 6.07) is 0. The summed E-state index contributed by atoms with van der Waals surface area (Å²) in [4.78, 5) is 23.0. The number of hydrogen-bond acceptors (Lipinski definition) is 10. The lowest BCUT2D eigenvalue weighted by atomic mass is 9.87. The van der Waals surface area contributed by atoms with Crippen LogP contribution in [0.1, 0.15) is 26.3 Å². The van der Waals surface area contributed by atoms with Gasteiger partial charge in [-0.3, -0.25) is 9.89 Å². The van der Waals surface area contributed by atoms with E-state index >= 15 is 0 Å². The van der Waals surface area contributed by atoms with Gasteiger partial charge in [-0.2, -0.15) is 5.10 Å². The number of dihydropyridines is 2. The summed E-state index contributed by atoms with van der Waals surface area (Å²) in [7, 11) is 0. The predicted octanol–water partition coefficient (Wildman–Crippen LogP) is 1.20. The fourth-order valence-electron chi connectivity index (χ4n) is 3.60. The number of nitrogens with zero attached hydrogens (tertiary/aromatic N) is 3. The van der Waals surface area contributed by atoms with E-state index in [4.69, 9.17) is 20.6 Å². The topological polar surface area (TPSA) is 162 Å². The second-order valence-electron chi connectivity index (χ2n) is 8.17. The predicted molar refractivity (Wildman–Crippen MR) is 136 cm³/mol. The van der Waals surface area contributed by atoms with Crippen molar-refractivity contribution in [2.24, 2.45) is 15.7 Å². The van der Waals surface area contributed by atoms with Crippen LogP contribution in [0.2, 0.25) is 0 Å². The van der Waals surface area contributed by atoms with E-state index in [0.717, 1.165) is 11.3 Å². The molecule has 12 heteroatoms. The van der Waals surface area contributed by atoms with Crippen molar-refractivity contribution in [3.63, 3.8) is 0 Å². The van der Waals surface area contributed by atoms with Crippen LogP contribution in [-0.4, -0.2) is 51.3 Å². The van der Waals surface area contributed by atoms with Gasteiger partial charge in [-0.15, -0.1) is 11.8 Å². The largest absolute Gasteiger partial charge is 0.446 e. The van der Waals surface area contributed by atoms with Crippen molar-refractivity contribution in [2.75, 3.05) is 13.2 Å². The van der Waals surface area contributed by atoms with Gasteiger partial charge in [0.1, 0.15) is 23.3 Å². The zero-order valence-electron chi connectivity index (χ0n) is 19.6. The summed E-state index contributed by atoms with van der Waals surface area (Å²) in [6.45, 7) is 6.18. The van der Waals surface area contributed by atoms with E-state index < -0.39 is 11.4 Å². The number of nitrogens with two attached hydrogens (primary N) is 1. The van der Waals surface area contributed by atoms with Gasteiger partial charge >= 0.3 is 0 Å². The first-order valence-corrected chi connectivity index (χ1v) is 11.9.